The van der Waals surface area contributed by atoms with Crippen LogP contribution in [0.2, 0.25) is 0 Å². The summed E-state index contributed by atoms with van der Waals surface area (Å²) in [7, 11) is 0. The molecule has 1 aliphatic rings. The van der Waals surface area contributed by atoms with Gasteiger partial charge in [0.15, 0.2) is 0 Å². The number of amides is 1. The Morgan fingerprint density at radius 1 is 1.32 bits per heavy atom. The Kier molecular flexibility index (Phi) is 5.83. The highest BCUT2D eigenvalue weighted by atomic mass is 16.3. The summed E-state index contributed by atoms with van der Waals surface area (Å²) in [4.78, 5) is 14.6. The first-order valence-electron chi connectivity index (χ1n) is 8.95. The second kappa shape index (κ2) is 8.27. The normalized spacial score (nSPS) is 16.1. The average Bonchev–Trinajstić information content (AvgIpc) is 3.12. The molecular formula is C19H26N4O2. The smallest absolute Gasteiger partial charge is 0.272 e. The molecule has 0 radical (unpaired) electrons. The van der Waals surface area contributed by atoms with E-state index in [4.69, 9.17) is 0 Å². The number of carbonyl (C=O) groups is 1. The predicted molar refractivity (Wildman–Crippen MR) is 96.1 cm³/mol. The molecule has 0 aliphatic carbocycles. The molecule has 134 valence electrons. The van der Waals surface area contributed by atoms with E-state index in [0.29, 0.717) is 12.2 Å². The van der Waals surface area contributed by atoms with Crippen LogP contribution in [0, 0.1) is 0 Å². The molecule has 6 heteroatoms. The lowest BCUT2D eigenvalue weighted by molar-refractivity contribution is 0.0790. The van der Waals surface area contributed by atoms with Gasteiger partial charge in [-0.15, -0.1) is 0 Å². The zero-order valence-corrected chi connectivity index (χ0v) is 14.7. The van der Waals surface area contributed by atoms with Gasteiger partial charge in [-0.3, -0.25) is 14.8 Å². The number of hydrogen-bond donors (Lipinski definition) is 3. The maximum Gasteiger partial charge on any atom is 0.272 e. The van der Waals surface area contributed by atoms with E-state index in [1.54, 1.807) is 6.07 Å². The Hall–Kier alpha value is -2.18. The summed E-state index contributed by atoms with van der Waals surface area (Å²) in [6, 6.07) is 9.97. The third-order valence-corrected chi connectivity index (χ3v) is 4.75. The molecule has 3 N–H and O–H groups in total. The van der Waals surface area contributed by atoms with Crippen molar-refractivity contribution in [3.63, 3.8) is 0 Å². The van der Waals surface area contributed by atoms with Gasteiger partial charge in [0.1, 0.15) is 5.69 Å². The molecule has 2 heterocycles. The fraction of sp³-hybridized carbons (Fsp3) is 0.474. The van der Waals surface area contributed by atoms with Crippen LogP contribution in [0.1, 0.15) is 47.1 Å². The molecule has 0 saturated carbocycles. The predicted octanol–water partition coefficient (Wildman–Crippen LogP) is 1.86. The van der Waals surface area contributed by atoms with Crippen molar-refractivity contribution in [3.8, 4) is 0 Å². The molecule has 1 saturated heterocycles. The Morgan fingerprint density at radius 2 is 2.04 bits per heavy atom. The van der Waals surface area contributed by atoms with Gasteiger partial charge in [0.2, 0.25) is 0 Å². The first kappa shape index (κ1) is 17.6. The molecule has 0 spiro atoms. The lowest BCUT2D eigenvalue weighted by Crippen LogP contribution is -2.35. The number of likely N-dealkylation sites (tertiary alicyclic amines) is 1. The van der Waals surface area contributed by atoms with Crippen LogP contribution in [0.4, 0.5) is 0 Å². The van der Waals surface area contributed by atoms with Crippen LogP contribution in [0.25, 0.3) is 0 Å². The number of piperidine rings is 1. The number of aromatic nitrogens is 2. The number of aliphatic hydroxyl groups excluding tert-OH is 1. The van der Waals surface area contributed by atoms with Crippen molar-refractivity contribution in [2.24, 2.45) is 0 Å². The van der Waals surface area contributed by atoms with Crippen molar-refractivity contribution in [2.75, 3.05) is 13.1 Å². The Labute approximate surface area is 148 Å². The van der Waals surface area contributed by atoms with Gasteiger partial charge in [-0.2, -0.15) is 5.10 Å². The summed E-state index contributed by atoms with van der Waals surface area (Å²) in [5, 5.41) is 19.5. The third-order valence-electron chi connectivity index (χ3n) is 4.75. The van der Waals surface area contributed by atoms with Gasteiger partial charge in [0, 0.05) is 31.9 Å². The minimum Gasteiger partial charge on any atom is -0.393 e. The summed E-state index contributed by atoms with van der Waals surface area (Å²) in [6.45, 7) is 5.18. The largest absolute Gasteiger partial charge is 0.393 e. The number of H-pyrrole nitrogens is 1. The number of rotatable bonds is 6. The number of aromatic amines is 1. The number of benzene rings is 1. The van der Waals surface area contributed by atoms with E-state index in [1.165, 1.54) is 5.56 Å². The van der Waals surface area contributed by atoms with Crippen molar-refractivity contribution in [1.82, 2.24) is 20.4 Å². The van der Waals surface area contributed by atoms with Crippen LogP contribution in [-0.4, -0.2) is 45.3 Å². The molecule has 1 aliphatic heterocycles. The summed E-state index contributed by atoms with van der Waals surface area (Å²) in [5.74, 6) is -0.160. The topological polar surface area (TPSA) is 81.2 Å². The lowest BCUT2D eigenvalue weighted by atomic mass is 10.0. The second-order valence-electron chi connectivity index (χ2n) is 6.59. The van der Waals surface area contributed by atoms with E-state index in [0.717, 1.165) is 50.2 Å². The second-order valence-corrected chi connectivity index (χ2v) is 6.59. The van der Waals surface area contributed by atoms with Crippen molar-refractivity contribution in [2.45, 2.75) is 45.4 Å². The fourth-order valence-corrected chi connectivity index (χ4v) is 3.13. The van der Waals surface area contributed by atoms with E-state index in [9.17, 15) is 9.90 Å². The molecule has 1 amide bonds. The molecule has 0 atom stereocenters. The molecule has 6 nitrogen and oxygen atoms in total. The average molecular weight is 342 g/mol. The number of carbonyl (C=O) groups excluding carboxylic acids is 1. The maximum absolute atomic E-state index is 12.3. The highest BCUT2D eigenvalue weighted by molar-refractivity contribution is 5.92. The highest BCUT2D eigenvalue weighted by Crippen LogP contribution is 2.16. The molecular weight excluding hydrogens is 316 g/mol. The van der Waals surface area contributed by atoms with Gasteiger partial charge < -0.3 is 10.4 Å². The highest BCUT2D eigenvalue weighted by Gasteiger charge is 2.18. The molecule has 2 aromatic rings. The number of aryl methyl sites for hydroxylation is 1. The molecule has 1 aromatic heterocycles. The minimum atomic E-state index is -0.160. The monoisotopic (exact) mass is 342 g/mol. The van der Waals surface area contributed by atoms with Gasteiger partial charge in [0.05, 0.1) is 6.10 Å². The van der Waals surface area contributed by atoms with Crippen molar-refractivity contribution in [3.05, 3.63) is 52.8 Å². The number of hydrogen-bond acceptors (Lipinski definition) is 4. The molecule has 0 bridgehead atoms. The van der Waals surface area contributed by atoms with Crippen LogP contribution in [0.3, 0.4) is 0 Å². The van der Waals surface area contributed by atoms with Gasteiger partial charge in [-0.25, -0.2) is 0 Å². The van der Waals surface area contributed by atoms with Crippen molar-refractivity contribution < 1.29 is 9.90 Å². The molecule has 25 heavy (non-hydrogen) atoms. The fourth-order valence-electron chi connectivity index (χ4n) is 3.13. The van der Waals surface area contributed by atoms with Gasteiger partial charge >= 0.3 is 0 Å². The molecule has 0 unspecified atom stereocenters. The summed E-state index contributed by atoms with van der Waals surface area (Å²) in [6.07, 6.45) is 2.33. The quantitative estimate of drug-likeness (QED) is 0.748. The number of aliphatic hydroxyl groups is 1. The van der Waals surface area contributed by atoms with Crippen LogP contribution in [0.15, 0.2) is 30.3 Å². The molecule has 3 rings (SSSR count). The van der Waals surface area contributed by atoms with Crippen LogP contribution < -0.4 is 5.32 Å². The van der Waals surface area contributed by atoms with Gasteiger partial charge in [-0.1, -0.05) is 31.2 Å². The van der Waals surface area contributed by atoms with Crippen molar-refractivity contribution in [1.29, 1.82) is 0 Å². The third kappa shape index (κ3) is 4.67. The summed E-state index contributed by atoms with van der Waals surface area (Å²) < 4.78 is 0. The summed E-state index contributed by atoms with van der Waals surface area (Å²) >= 11 is 0. The van der Waals surface area contributed by atoms with Gasteiger partial charge in [-0.05, 0) is 36.5 Å². The molecule has 1 aromatic carbocycles. The number of nitrogens with zero attached hydrogens (tertiary/aromatic N) is 2. The lowest BCUT2D eigenvalue weighted by Gasteiger charge is -2.30. The Morgan fingerprint density at radius 3 is 2.72 bits per heavy atom. The van der Waals surface area contributed by atoms with E-state index >= 15 is 0 Å². The Balaban J connectivity index is 1.59. The minimum absolute atomic E-state index is 0.160. The van der Waals surface area contributed by atoms with E-state index in [2.05, 4.69) is 32.5 Å². The van der Waals surface area contributed by atoms with Crippen molar-refractivity contribution >= 4 is 5.91 Å². The van der Waals surface area contributed by atoms with Crippen LogP contribution in [-0.2, 0) is 19.5 Å². The SMILES string of the molecule is CCc1cc(C(=O)NCc2ccccc2CN2CCC(O)CC2)n[nH]1. The maximum atomic E-state index is 12.3. The van der Waals surface area contributed by atoms with Gasteiger partial charge in [0.25, 0.3) is 5.91 Å². The summed E-state index contributed by atoms with van der Waals surface area (Å²) in [5.41, 5.74) is 3.72. The Bertz CT molecular complexity index is 705. The van der Waals surface area contributed by atoms with E-state index < -0.39 is 0 Å². The first-order chi connectivity index (χ1) is 12.2. The first-order valence-corrected chi connectivity index (χ1v) is 8.95. The van der Waals surface area contributed by atoms with E-state index in [1.807, 2.05) is 19.1 Å². The zero-order chi connectivity index (χ0) is 17.6. The number of nitrogens with one attached hydrogen (secondary N) is 2. The molecule has 1 fully saturated rings. The zero-order valence-electron chi connectivity index (χ0n) is 14.7. The van der Waals surface area contributed by atoms with E-state index in [-0.39, 0.29) is 12.0 Å². The van der Waals surface area contributed by atoms with Crippen LogP contribution >= 0.6 is 0 Å². The standard InChI is InChI=1S/C19H26N4O2/c1-2-16-11-18(22-21-16)19(25)20-12-14-5-3-4-6-15(14)13-23-9-7-17(24)8-10-23/h3-6,11,17,24H,2,7-10,12-13H2,1H3,(H,20,25)(H,21,22). The van der Waals surface area contributed by atoms with Crippen LogP contribution in [0.5, 0.6) is 0 Å².